The molecular formula is C13H11N3O2S. The lowest BCUT2D eigenvalue weighted by atomic mass is 10.1. The van der Waals surface area contributed by atoms with Crippen LogP contribution in [0.1, 0.15) is 12.6 Å². The van der Waals surface area contributed by atoms with E-state index in [-0.39, 0.29) is 10.6 Å². The highest BCUT2D eigenvalue weighted by atomic mass is 32.1. The van der Waals surface area contributed by atoms with Crippen molar-refractivity contribution in [3.8, 4) is 11.3 Å². The van der Waals surface area contributed by atoms with Crippen LogP contribution in [0.2, 0.25) is 0 Å². The molecule has 5 nitrogen and oxygen atoms in total. The lowest BCUT2D eigenvalue weighted by molar-refractivity contribution is -0.384. The van der Waals surface area contributed by atoms with E-state index in [1.807, 2.05) is 10.6 Å². The summed E-state index contributed by atoms with van der Waals surface area (Å²) in [6.45, 7) is 2.08. The summed E-state index contributed by atoms with van der Waals surface area (Å²) in [4.78, 5) is 16.0. The van der Waals surface area contributed by atoms with E-state index in [2.05, 4.69) is 17.3 Å². The molecule has 19 heavy (non-hydrogen) atoms. The predicted molar refractivity (Wildman–Crippen MR) is 74.5 cm³/mol. The third-order valence-corrected chi connectivity index (χ3v) is 3.91. The van der Waals surface area contributed by atoms with E-state index in [4.69, 9.17) is 0 Å². The van der Waals surface area contributed by atoms with Crippen LogP contribution in [0.5, 0.6) is 0 Å². The fraction of sp³-hybridized carbons (Fsp3) is 0.154. The van der Waals surface area contributed by atoms with Crippen molar-refractivity contribution in [1.82, 2.24) is 9.38 Å². The number of nitro groups is 1. The van der Waals surface area contributed by atoms with Gasteiger partial charge in [-0.15, -0.1) is 11.3 Å². The molecule has 2 aromatic heterocycles. The summed E-state index contributed by atoms with van der Waals surface area (Å²) >= 11 is 1.55. The van der Waals surface area contributed by atoms with Crippen molar-refractivity contribution < 1.29 is 4.92 Å². The Balaban J connectivity index is 2.19. The van der Waals surface area contributed by atoms with Crippen LogP contribution < -0.4 is 0 Å². The maximum Gasteiger partial charge on any atom is 0.278 e. The van der Waals surface area contributed by atoms with Crippen molar-refractivity contribution >= 4 is 22.0 Å². The maximum atomic E-state index is 11.0. The second kappa shape index (κ2) is 4.47. The molecule has 3 rings (SSSR count). The second-order valence-corrected chi connectivity index (χ2v) is 4.97. The molecule has 0 aliphatic carbocycles. The molecular weight excluding hydrogens is 262 g/mol. The zero-order chi connectivity index (χ0) is 13.4. The number of hydrogen-bond acceptors (Lipinski definition) is 4. The van der Waals surface area contributed by atoms with Gasteiger partial charge in [0.1, 0.15) is 0 Å². The van der Waals surface area contributed by atoms with Gasteiger partial charge in [-0.05, 0) is 12.5 Å². The van der Waals surface area contributed by atoms with Gasteiger partial charge in [0.15, 0.2) is 4.96 Å². The molecule has 0 amide bonds. The van der Waals surface area contributed by atoms with Crippen LogP contribution in [0, 0.1) is 10.1 Å². The molecule has 0 radical (unpaired) electrons. The standard InChI is InChI=1S/C13H11N3O2S/c1-2-9-8-19-13-14-11(7-15(9)13)10-5-3-4-6-12(10)16(17)18/h3-8H,2H2,1H3. The Labute approximate surface area is 113 Å². The van der Waals surface area contributed by atoms with Crippen LogP contribution in [-0.2, 0) is 6.42 Å². The average Bonchev–Trinajstić information content (AvgIpc) is 2.98. The highest BCUT2D eigenvalue weighted by Crippen LogP contribution is 2.30. The van der Waals surface area contributed by atoms with E-state index in [1.165, 1.54) is 6.07 Å². The van der Waals surface area contributed by atoms with Crippen LogP contribution in [0.4, 0.5) is 5.69 Å². The molecule has 6 heteroatoms. The van der Waals surface area contributed by atoms with Gasteiger partial charge in [-0.3, -0.25) is 14.5 Å². The number of para-hydroxylation sites is 1. The highest BCUT2D eigenvalue weighted by Gasteiger charge is 2.17. The number of imidazole rings is 1. The Morgan fingerprint density at radius 1 is 1.42 bits per heavy atom. The molecule has 0 fully saturated rings. The number of aryl methyl sites for hydroxylation is 1. The van der Waals surface area contributed by atoms with Crippen molar-refractivity contribution in [2.24, 2.45) is 0 Å². The maximum absolute atomic E-state index is 11.0. The van der Waals surface area contributed by atoms with Crippen molar-refractivity contribution in [3.05, 3.63) is 51.7 Å². The molecule has 0 N–H and O–H groups in total. The smallest absolute Gasteiger partial charge is 0.278 e. The topological polar surface area (TPSA) is 60.4 Å². The lowest BCUT2D eigenvalue weighted by Crippen LogP contribution is -1.91. The number of aromatic nitrogens is 2. The number of hydrogen-bond donors (Lipinski definition) is 0. The van der Waals surface area contributed by atoms with Crippen LogP contribution >= 0.6 is 11.3 Å². The van der Waals surface area contributed by atoms with Crippen molar-refractivity contribution in [1.29, 1.82) is 0 Å². The summed E-state index contributed by atoms with van der Waals surface area (Å²) < 4.78 is 2.00. The minimum absolute atomic E-state index is 0.0892. The third kappa shape index (κ3) is 1.90. The lowest BCUT2D eigenvalue weighted by Gasteiger charge is -1.98. The summed E-state index contributed by atoms with van der Waals surface area (Å²) in [6, 6.07) is 6.69. The van der Waals surface area contributed by atoms with Gasteiger partial charge in [0, 0.05) is 23.3 Å². The molecule has 0 saturated heterocycles. The van der Waals surface area contributed by atoms with E-state index in [0.29, 0.717) is 11.3 Å². The van der Waals surface area contributed by atoms with Gasteiger partial charge in [0.25, 0.3) is 5.69 Å². The van der Waals surface area contributed by atoms with E-state index < -0.39 is 0 Å². The van der Waals surface area contributed by atoms with Gasteiger partial charge in [-0.2, -0.15) is 0 Å². The molecule has 3 aromatic rings. The van der Waals surface area contributed by atoms with Crippen LogP contribution in [0.3, 0.4) is 0 Å². The third-order valence-electron chi connectivity index (χ3n) is 3.02. The largest absolute Gasteiger partial charge is 0.294 e. The van der Waals surface area contributed by atoms with Crippen molar-refractivity contribution in [2.75, 3.05) is 0 Å². The Morgan fingerprint density at radius 3 is 2.95 bits per heavy atom. The van der Waals surface area contributed by atoms with Gasteiger partial charge < -0.3 is 0 Å². The zero-order valence-electron chi connectivity index (χ0n) is 10.2. The van der Waals surface area contributed by atoms with E-state index >= 15 is 0 Å². The molecule has 0 spiro atoms. The molecule has 0 aliphatic heterocycles. The Hall–Kier alpha value is -2.21. The predicted octanol–water partition coefficient (Wildman–Crippen LogP) is 3.53. The molecule has 96 valence electrons. The quantitative estimate of drug-likeness (QED) is 0.541. The first-order valence-corrected chi connectivity index (χ1v) is 6.78. The summed E-state index contributed by atoms with van der Waals surface area (Å²) in [5, 5.41) is 13.1. The van der Waals surface area contributed by atoms with E-state index in [9.17, 15) is 10.1 Å². The first kappa shape index (κ1) is 11.9. The zero-order valence-corrected chi connectivity index (χ0v) is 11.1. The molecule has 0 bridgehead atoms. The number of rotatable bonds is 3. The monoisotopic (exact) mass is 273 g/mol. The van der Waals surface area contributed by atoms with E-state index in [0.717, 1.165) is 17.1 Å². The number of thiazole rings is 1. The van der Waals surface area contributed by atoms with Crippen LogP contribution in [0.15, 0.2) is 35.8 Å². The second-order valence-electron chi connectivity index (χ2n) is 4.13. The summed E-state index contributed by atoms with van der Waals surface area (Å²) in [6.07, 6.45) is 2.78. The fourth-order valence-corrected chi connectivity index (χ4v) is 3.02. The Bertz CT molecular complexity index is 760. The molecule has 2 heterocycles. The Morgan fingerprint density at radius 2 is 2.21 bits per heavy atom. The number of fused-ring (bicyclic) bond motifs is 1. The molecule has 0 saturated carbocycles. The fourth-order valence-electron chi connectivity index (χ4n) is 2.06. The molecule has 0 atom stereocenters. The van der Waals surface area contributed by atoms with E-state index in [1.54, 1.807) is 29.5 Å². The number of benzene rings is 1. The molecule has 0 aliphatic rings. The summed E-state index contributed by atoms with van der Waals surface area (Å²) in [5.74, 6) is 0. The Kier molecular flexibility index (Phi) is 2.79. The summed E-state index contributed by atoms with van der Waals surface area (Å²) in [5.41, 5.74) is 2.46. The van der Waals surface area contributed by atoms with Crippen molar-refractivity contribution in [2.45, 2.75) is 13.3 Å². The first-order valence-electron chi connectivity index (χ1n) is 5.90. The van der Waals surface area contributed by atoms with Gasteiger partial charge in [-0.25, -0.2) is 4.98 Å². The summed E-state index contributed by atoms with van der Waals surface area (Å²) in [7, 11) is 0. The minimum atomic E-state index is -0.372. The normalized spacial score (nSPS) is 11.0. The van der Waals surface area contributed by atoms with Crippen LogP contribution in [-0.4, -0.2) is 14.3 Å². The van der Waals surface area contributed by atoms with Gasteiger partial charge in [0.05, 0.1) is 16.2 Å². The van der Waals surface area contributed by atoms with Gasteiger partial charge in [-0.1, -0.05) is 19.1 Å². The number of nitrogens with zero attached hydrogens (tertiary/aromatic N) is 3. The van der Waals surface area contributed by atoms with Gasteiger partial charge >= 0.3 is 0 Å². The molecule has 1 aromatic carbocycles. The average molecular weight is 273 g/mol. The highest BCUT2D eigenvalue weighted by molar-refractivity contribution is 7.15. The minimum Gasteiger partial charge on any atom is -0.294 e. The molecule has 0 unspecified atom stereocenters. The SMILES string of the molecule is CCc1csc2nc(-c3ccccc3[N+](=O)[O-])cn12. The van der Waals surface area contributed by atoms with Crippen molar-refractivity contribution in [3.63, 3.8) is 0 Å². The first-order chi connectivity index (χ1) is 9.20. The van der Waals surface area contributed by atoms with Crippen LogP contribution in [0.25, 0.3) is 16.2 Å². The number of nitro benzene ring substituents is 1. The van der Waals surface area contributed by atoms with Gasteiger partial charge in [0.2, 0.25) is 0 Å².